The van der Waals surface area contributed by atoms with Crippen molar-refractivity contribution in [2.75, 3.05) is 6.61 Å². The Hall–Kier alpha value is -4.85. The summed E-state index contributed by atoms with van der Waals surface area (Å²) in [5.41, 5.74) is 0. The lowest BCUT2D eigenvalue weighted by atomic mass is 9.83. The van der Waals surface area contributed by atoms with Crippen LogP contribution in [0.25, 0.3) is 0 Å². The summed E-state index contributed by atoms with van der Waals surface area (Å²) >= 11 is 0. The standard InChI is InChI=1S/C42H64O20/c1-10-11-12-13-14-15-16-17-18-19-20-21-32(51)61-39-37(57-28(7)48)35(55-26(5)46)36(56-27(6)47)38(58-29(8)49)40(39)62-42-41(59-30(9)50)34(54-25(4)45)33(53-24(3)44)31(60-42)22-52-23(2)43/h31,33-42H,10-22H2,1-9H3/t31-,33-,34+,35+,36+,37-,38-,39-,40+,41+,42+/m1/s1. The molecular formula is C42H64O20. The van der Waals surface area contributed by atoms with Crippen LogP contribution in [-0.4, -0.2) is 128 Å². The van der Waals surface area contributed by atoms with Gasteiger partial charge in [-0.15, -0.1) is 0 Å². The highest BCUT2D eigenvalue weighted by atomic mass is 16.8. The monoisotopic (exact) mass is 888 g/mol. The first-order valence-electron chi connectivity index (χ1n) is 21.1. The van der Waals surface area contributed by atoms with E-state index in [-0.39, 0.29) is 6.42 Å². The van der Waals surface area contributed by atoms with Gasteiger partial charge in [0.25, 0.3) is 0 Å². The second kappa shape index (κ2) is 27.3. The SMILES string of the molecule is CCCCCCCCCCCCCC(=O)O[C@@H]1[C@H](OC(C)=O)[C@@H](OC(C)=O)[C@H](OC(C)=O)[C@@H](OC(C)=O)[C@@H]1O[C@@H]1O[C@H](COC(C)=O)[C@@H](OC(C)=O)[C@H](OC(C)=O)[C@@H]1OC(C)=O. The van der Waals surface area contributed by atoms with Crippen molar-refractivity contribution >= 4 is 53.7 Å². The lowest BCUT2D eigenvalue weighted by Crippen LogP contribution is -2.70. The van der Waals surface area contributed by atoms with Crippen LogP contribution in [0, 0.1) is 0 Å². The first-order valence-corrected chi connectivity index (χ1v) is 21.1. The Morgan fingerprint density at radius 1 is 0.371 bits per heavy atom. The van der Waals surface area contributed by atoms with Crippen molar-refractivity contribution in [2.24, 2.45) is 0 Å². The molecule has 0 amide bonds. The molecule has 62 heavy (non-hydrogen) atoms. The predicted octanol–water partition coefficient (Wildman–Crippen LogP) is 3.81. The van der Waals surface area contributed by atoms with Crippen LogP contribution in [0.4, 0.5) is 0 Å². The Morgan fingerprint density at radius 3 is 1.08 bits per heavy atom. The molecule has 352 valence electrons. The molecule has 2 fully saturated rings. The van der Waals surface area contributed by atoms with Crippen molar-refractivity contribution in [1.82, 2.24) is 0 Å². The van der Waals surface area contributed by atoms with Gasteiger partial charge in [0, 0.05) is 61.8 Å². The molecule has 0 N–H and O–H groups in total. The van der Waals surface area contributed by atoms with Gasteiger partial charge < -0.3 is 52.1 Å². The molecule has 1 aliphatic carbocycles. The minimum Gasteiger partial charge on any atom is -0.463 e. The van der Waals surface area contributed by atoms with Crippen LogP contribution in [-0.2, 0) is 95.3 Å². The zero-order valence-corrected chi connectivity index (χ0v) is 37.2. The summed E-state index contributed by atoms with van der Waals surface area (Å²) in [4.78, 5) is 114. The molecule has 0 aromatic heterocycles. The van der Waals surface area contributed by atoms with Crippen molar-refractivity contribution in [1.29, 1.82) is 0 Å². The van der Waals surface area contributed by atoms with E-state index in [4.69, 9.17) is 52.1 Å². The predicted molar refractivity (Wildman–Crippen MR) is 210 cm³/mol. The molecule has 11 atom stereocenters. The third-order valence-electron chi connectivity index (χ3n) is 9.64. The van der Waals surface area contributed by atoms with Crippen LogP contribution in [0.2, 0.25) is 0 Å². The van der Waals surface area contributed by atoms with Gasteiger partial charge in [-0.25, -0.2) is 0 Å². The fourth-order valence-electron chi connectivity index (χ4n) is 7.31. The normalized spacial score (nSPS) is 26.8. The minimum absolute atomic E-state index is 0.143. The zero-order chi connectivity index (χ0) is 46.5. The number of carbonyl (C=O) groups is 9. The highest BCUT2D eigenvalue weighted by Gasteiger charge is 2.62. The lowest BCUT2D eigenvalue weighted by molar-refractivity contribution is -0.343. The third kappa shape index (κ3) is 18.6. The fraction of sp³-hybridized carbons (Fsp3) is 0.786. The summed E-state index contributed by atoms with van der Waals surface area (Å²) in [6.45, 7) is 9.62. The highest BCUT2D eigenvalue weighted by Crippen LogP contribution is 2.38. The average Bonchev–Trinajstić information content (AvgIpc) is 3.15. The van der Waals surface area contributed by atoms with Crippen molar-refractivity contribution in [2.45, 2.75) is 207 Å². The van der Waals surface area contributed by atoms with Gasteiger partial charge in [-0.3, -0.25) is 43.2 Å². The molecule has 0 aromatic rings. The zero-order valence-electron chi connectivity index (χ0n) is 37.2. The molecule has 20 heteroatoms. The van der Waals surface area contributed by atoms with E-state index in [9.17, 15) is 43.2 Å². The maximum absolute atomic E-state index is 13.7. The minimum atomic E-state index is -1.97. The summed E-state index contributed by atoms with van der Waals surface area (Å²) in [5.74, 6) is -8.39. The van der Waals surface area contributed by atoms with Gasteiger partial charge in [-0.1, -0.05) is 71.1 Å². The summed E-state index contributed by atoms with van der Waals surface area (Å²) in [5, 5.41) is 0. The van der Waals surface area contributed by atoms with Crippen LogP contribution in [0.1, 0.15) is 139 Å². The molecule has 0 unspecified atom stereocenters. The van der Waals surface area contributed by atoms with Gasteiger partial charge in [0.1, 0.15) is 18.8 Å². The molecule has 1 aliphatic heterocycles. The number of ether oxygens (including phenoxy) is 11. The number of rotatable bonds is 24. The van der Waals surface area contributed by atoms with Crippen LogP contribution in [0.15, 0.2) is 0 Å². The number of hydrogen-bond donors (Lipinski definition) is 0. The molecule has 1 saturated heterocycles. The van der Waals surface area contributed by atoms with Gasteiger partial charge >= 0.3 is 53.7 Å². The Balaban J connectivity index is 2.70. The topological polar surface area (TPSA) is 255 Å². The smallest absolute Gasteiger partial charge is 0.306 e. The number of esters is 9. The second-order valence-electron chi connectivity index (χ2n) is 15.2. The van der Waals surface area contributed by atoms with Crippen LogP contribution in [0.3, 0.4) is 0 Å². The van der Waals surface area contributed by atoms with Gasteiger partial charge in [-0.2, -0.15) is 0 Å². The Bertz CT molecular complexity index is 1530. The van der Waals surface area contributed by atoms with E-state index in [1.807, 2.05) is 0 Å². The number of unbranched alkanes of at least 4 members (excludes halogenated alkanes) is 10. The first-order chi connectivity index (χ1) is 29.2. The number of carbonyl (C=O) groups excluding carboxylic acids is 9. The van der Waals surface area contributed by atoms with Crippen molar-refractivity contribution < 1.29 is 95.3 Å². The van der Waals surface area contributed by atoms with E-state index in [0.29, 0.717) is 12.8 Å². The summed E-state index contributed by atoms with van der Waals surface area (Å²) < 4.78 is 62.5. The highest BCUT2D eigenvalue weighted by molar-refractivity contribution is 5.72. The molecule has 2 aliphatic rings. The largest absolute Gasteiger partial charge is 0.463 e. The lowest BCUT2D eigenvalue weighted by Gasteiger charge is -2.50. The second-order valence-corrected chi connectivity index (χ2v) is 15.2. The van der Waals surface area contributed by atoms with Gasteiger partial charge in [0.15, 0.2) is 55.1 Å². The van der Waals surface area contributed by atoms with Gasteiger partial charge in [0.05, 0.1) is 0 Å². The summed E-state index contributed by atoms with van der Waals surface area (Å²) in [6.07, 6.45) is -8.74. The van der Waals surface area contributed by atoms with Crippen molar-refractivity contribution in [3.8, 4) is 0 Å². The van der Waals surface area contributed by atoms with E-state index in [0.717, 1.165) is 81.1 Å². The fourth-order valence-corrected chi connectivity index (χ4v) is 7.31. The van der Waals surface area contributed by atoms with E-state index in [1.165, 1.54) is 32.1 Å². The average molecular weight is 889 g/mol. The maximum atomic E-state index is 13.7. The van der Waals surface area contributed by atoms with E-state index >= 15 is 0 Å². The molecule has 0 aromatic carbocycles. The maximum Gasteiger partial charge on any atom is 0.306 e. The first kappa shape index (κ1) is 53.3. The Kier molecular flexibility index (Phi) is 23.4. The number of hydrogen-bond acceptors (Lipinski definition) is 20. The van der Waals surface area contributed by atoms with E-state index in [1.54, 1.807) is 0 Å². The van der Waals surface area contributed by atoms with Crippen molar-refractivity contribution in [3.05, 3.63) is 0 Å². The van der Waals surface area contributed by atoms with Crippen LogP contribution in [0.5, 0.6) is 0 Å². The van der Waals surface area contributed by atoms with E-state index in [2.05, 4.69) is 6.92 Å². The third-order valence-corrected chi connectivity index (χ3v) is 9.64. The molecule has 20 nitrogen and oxygen atoms in total. The van der Waals surface area contributed by atoms with Gasteiger partial charge in [0.2, 0.25) is 0 Å². The van der Waals surface area contributed by atoms with Crippen LogP contribution < -0.4 is 0 Å². The Labute approximate surface area is 361 Å². The Morgan fingerprint density at radius 2 is 0.694 bits per heavy atom. The quantitative estimate of drug-likeness (QED) is 0.0758. The van der Waals surface area contributed by atoms with Crippen LogP contribution >= 0.6 is 0 Å². The van der Waals surface area contributed by atoms with E-state index < -0.39 is 128 Å². The molecule has 0 radical (unpaired) electrons. The molecule has 0 spiro atoms. The van der Waals surface area contributed by atoms with Gasteiger partial charge in [-0.05, 0) is 6.42 Å². The molecule has 1 heterocycles. The molecule has 0 bridgehead atoms. The summed E-state index contributed by atoms with van der Waals surface area (Å²) in [7, 11) is 0. The summed E-state index contributed by atoms with van der Waals surface area (Å²) in [6, 6.07) is 0. The molecule has 2 rings (SSSR count). The molecule has 1 saturated carbocycles. The molecular weight excluding hydrogens is 824 g/mol. The van der Waals surface area contributed by atoms with Crippen molar-refractivity contribution in [3.63, 3.8) is 0 Å².